The number of anilines is 1. The number of carbonyl (C=O) groups is 2. The van der Waals surface area contributed by atoms with Crippen LogP contribution in [-0.4, -0.2) is 57.2 Å². The molecule has 2 heterocycles. The average molecular weight is 620 g/mol. The lowest BCUT2D eigenvalue weighted by Crippen LogP contribution is -2.55. The molecule has 5 rings (SSSR count). The Bertz CT molecular complexity index is 1710. The Hall–Kier alpha value is -4.78. The summed E-state index contributed by atoms with van der Waals surface area (Å²) in [7, 11) is 0. The van der Waals surface area contributed by atoms with Gasteiger partial charge in [-0.25, -0.2) is 4.68 Å². The Balaban J connectivity index is 1.58. The molecule has 2 amide bonds. The molecule has 0 bridgehead atoms. The molecule has 0 radical (unpaired) electrons. The van der Waals surface area contributed by atoms with Crippen LogP contribution in [0.25, 0.3) is 5.69 Å². The second kappa shape index (κ2) is 13.1. The van der Waals surface area contributed by atoms with Crippen molar-refractivity contribution in [1.29, 1.82) is 0 Å². The number of benzene rings is 3. The first kappa shape index (κ1) is 31.6. The highest BCUT2D eigenvalue weighted by Gasteiger charge is 2.44. The molecule has 1 aliphatic rings. The topological polar surface area (TPSA) is 120 Å². The maximum atomic E-state index is 14.2. The summed E-state index contributed by atoms with van der Waals surface area (Å²) in [6.07, 6.45) is -4.17. The fourth-order valence-electron chi connectivity index (χ4n) is 5.42. The van der Waals surface area contributed by atoms with Crippen LogP contribution in [0.15, 0.2) is 97.2 Å². The molecule has 234 valence electrons. The van der Waals surface area contributed by atoms with Gasteiger partial charge in [0.2, 0.25) is 0 Å². The minimum Gasteiger partial charge on any atom is -0.392 e. The van der Waals surface area contributed by atoms with Crippen molar-refractivity contribution in [1.82, 2.24) is 20.4 Å². The molecule has 1 unspecified atom stereocenters. The number of carbonyl (C=O) groups excluding carboxylic acids is 2. The van der Waals surface area contributed by atoms with Crippen molar-refractivity contribution in [3.63, 3.8) is 0 Å². The van der Waals surface area contributed by atoms with Crippen LogP contribution in [0.4, 0.5) is 19.0 Å². The smallest absolute Gasteiger partial charge is 0.392 e. The molecular weight excluding hydrogens is 587 g/mol. The quantitative estimate of drug-likeness (QED) is 0.157. The maximum Gasteiger partial charge on any atom is 0.416 e. The van der Waals surface area contributed by atoms with Crippen LogP contribution in [0.1, 0.15) is 45.5 Å². The van der Waals surface area contributed by atoms with Crippen LogP contribution in [0.2, 0.25) is 0 Å². The lowest BCUT2D eigenvalue weighted by molar-refractivity contribution is -0.137. The van der Waals surface area contributed by atoms with E-state index in [9.17, 15) is 33.0 Å². The van der Waals surface area contributed by atoms with Crippen molar-refractivity contribution < 1.29 is 33.0 Å². The summed E-state index contributed by atoms with van der Waals surface area (Å²) < 4.78 is 41.9. The SMILES string of the molecule is C=C(CO)C(O)NCc1cccc([C@H]2c3cnn(-c4ccccc4)c3N(CC)C(=O)[C@@H]2NC(=O)c2cccc(C(F)(F)F)c2)c1. The molecule has 4 aromatic rings. The fraction of sp³-hybridized carbons (Fsp3) is 0.242. The molecule has 0 saturated carbocycles. The van der Waals surface area contributed by atoms with Gasteiger partial charge in [-0.1, -0.05) is 55.1 Å². The number of hydrogen-bond donors (Lipinski definition) is 4. The van der Waals surface area contributed by atoms with E-state index in [1.54, 1.807) is 36.0 Å². The summed E-state index contributed by atoms with van der Waals surface area (Å²) in [6.45, 7) is 5.43. The van der Waals surface area contributed by atoms with Gasteiger partial charge in [0.15, 0.2) is 0 Å². The van der Waals surface area contributed by atoms with Gasteiger partial charge < -0.3 is 15.5 Å². The lowest BCUT2D eigenvalue weighted by Gasteiger charge is -2.38. The van der Waals surface area contributed by atoms with E-state index in [0.717, 1.165) is 23.8 Å². The highest BCUT2D eigenvalue weighted by Crippen LogP contribution is 2.41. The van der Waals surface area contributed by atoms with Gasteiger partial charge in [0.1, 0.15) is 18.1 Å². The first-order valence-corrected chi connectivity index (χ1v) is 14.2. The summed E-state index contributed by atoms with van der Waals surface area (Å²) in [6, 6.07) is 19.3. The van der Waals surface area contributed by atoms with Crippen LogP contribution >= 0.6 is 0 Å². The number of amides is 2. The highest BCUT2D eigenvalue weighted by atomic mass is 19.4. The van der Waals surface area contributed by atoms with Crippen LogP contribution in [0.3, 0.4) is 0 Å². The van der Waals surface area contributed by atoms with Gasteiger partial charge in [0.25, 0.3) is 11.8 Å². The fourth-order valence-corrected chi connectivity index (χ4v) is 5.42. The molecule has 0 saturated heterocycles. The number of aliphatic hydroxyl groups excluding tert-OH is 2. The number of likely N-dealkylation sites (N-methyl/N-ethyl adjacent to an activating group) is 1. The summed E-state index contributed by atoms with van der Waals surface area (Å²) in [5.74, 6) is -1.53. The number of aromatic nitrogens is 2. The maximum absolute atomic E-state index is 14.2. The number of halogens is 3. The van der Waals surface area contributed by atoms with Gasteiger partial charge in [0.05, 0.1) is 24.1 Å². The largest absolute Gasteiger partial charge is 0.416 e. The van der Waals surface area contributed by atoms with Gasteiger partial charge in [-0.2, -0.15) is 18.3 Å². The Labute approximate surface area is 257 Å². The summed E-state index contributed by atoms with van der Waals surface area (Å²) in [4.78, 5) is 29.2. The number of rotatable bonds is 10. The van der Waals surface area contributed by atoms with Crippen LogP contribution in [0.5, 0.6) is 0 Å². The van der Waals surface area contributed by atoms with E-state index in [1.807, 2.05) is 36.4 Å². The summed E-state index contributed by atoms with van der Waals surface area (Å²) >= 11 is 0. The Morgan fingerprint density at radius 1 is 1.07 bits per heavy atom. The number of para-hydroxylation sites is 1. The lowest BCUT2D eigenvalue weighted by atomic mass is 9.81. The van der Waals surface area contributed by atoms with Crippen molar-refractivity contribution in [2.24, 2.45) is 0 Å². The van der Waals surface area contributed by atoms with Gasteiger partial charge in [-0.3, -0.25) is 19.8 Å². The minimum absolute atomic E-state index is 0.188. The molecule has 12 heteroatoms. The monoisotopic (exact) mass is 619 g/mol. The molecule has 1 aliphatic heterocycles. The third-order valence-electron chi connectivity index (χ3n) is 7.68. The third kappa shape index (κ3) is 6.53. The molecule has 45 heavy (non-hydrogen) atoms. The van der Waals surface area contributed by atoms with Crippen molar-refractivity contribution in [2.75, 3.05) is 18.1 Å². The number of alkyl halides is 3. The van der Waals surface area contributed by atoms with Crippen LogP contribution < -0.4 is 15.5 Å². The van der Waals surface area contributed by atoms with Crippen molar-refractivity contribution >= 4 is 17.6 Å². The second-order valence-corrected chi connectivity index (χ2v) is 10.6. The molecule has 4 N–H and O–H groups in total. The molecule has 9 nitrogen and oxygen atoms in total. The predicted molar refractivity (Wildman–Crippen MR) is 162 cm³/mol. The van der Waals surface area contributed by atoms with Gasteiger partial charge in [-0.05, 0) is 54.0 Å². The van der Waals surface area contributed by atoms with E-state index in [1.165, 1.54) is 11.0 Å². The second-order valence-electron chi connectivity index (χ2n) is 10.6. The van der Waals surface area contributed by atoms with Crippen LogP contribution in [-0.2, 0) is 17.5 Å². The van der Waals surface area contributed by atoms with Gasteiger partial charge >= 0.3 is 6.18 Å². The number of nitrogens with zero attached hydrogens (tertiary/aromatic N) is 3. The zero-order valence-corrected chi connectivity index (χ0v) is 24.3. The third-order valence-corrected chi connectivity index (χ3v) is 7.68. The molecule has 3 aromatic carbocycles. The normalized spacial score (nSPS) is 17.1. The minimum atomic E-state index is -4.65. The molecule has 1 aromatic heterocycles. The van der Waals surface area contributed by atoms with Gasteiger partial charge in [-0.15, -0.1) is 0 Å². The van der Waals surface area contributed by atoms with E-state index < -0.39 is 48.3 Å². The summed E-state index contributed by atoms with van der Waals surface area (Å²) in [5.41, 5.74) is 1.69. The number of hydrogen-bond acceptors (Lipinski definition) is 6. The highest BCUT2D eigenvalue weighted by molar-refractivity contribution is 6.05. The Morgan fingerprint density at radius 3 is 2.49 bits per heavy atom. The zero-order valence-electron chi connectivity index (χ0n) is 24.3. The molecule has 0 spiro atoms. The van der Waals surface area contributed by atoms with Gasteiger partial charge in [0, 0.05) is 30.1 Å². The molecular formula is C33H32F3N5O4. The van der Waals surface area contributed by atoms with Crippen molar-refractivity contribution in [2.45, 2.75) is 37.8 Å². The first-order valence-electron chi connectivity index (χ1n) is 14.2. The standard InChI is InChI=1S/C33H32F3N5O4/c1-3-40-31-26(18-38-41(31)25-13-5-4-6-14-25)27(22-10-7-9-21(15-22)17-37-29(43)20(2)19-42)28(32(40)45)39-30(44)23-11-8-12-24(16-23)33(34,35)36/h4-16,18,27-29,37,42-43H,2-3,17,19H2,1H3,(H,39,44)/t27-,28+,29?/m0/s1. The Kier molecular flexibility index (Phi) is 9.19. The number of fused-ring (bicyclic) bond motifs is 1. The predicted octanol–water partition coefficient (Wildman–Crippen LogP) is 4.14. The molecule has 3 atom stereocenters. The van der Waals surface area contributed by atoms with E-state index in [-0.39, 0.29) is 24.2 Å². The van der Waals surface area contributed by atoms with E-state index in [4.69, 9.17) is 0 Å². The van der Waals surface area contributed by atoms with E-state index >= 15 is 0 Å². The molecule has 0 fully saturated rings. The van der Waals surface area contributed by atoms with Crippen LogP contribution in [0, 0.1) is 0 Å². The Morgan fingerprint density at radius 2 is 1.80 bits per heavy atom. The average Bonchev–Trinajstić information content (AvgIpc) is 3.48. The number of nitrogens with one attached hydrogen (secondary N) is 2. The van der Waals surface area contributed by atoms with Crippen molar-refractivity contribution in [3.8, 4) is 5.69 Å². The summed E-state index contributed by atoms with van der Waals surface area (Å²) in [5, 5.41) is 29.7. The number of aliphatic hydroxyl groups is 2. The molecule has 0 aliphatic carbocycles. The van der Waals surface area contributed by atoms with E-state index in [0.29, 0.717) is 22.6 Å². The van der Waals surface area contributed by atoms with Crippen molar-refractivity contribution in [3.05, 3.63) is 125 Å². The van der Waals surface area contributed by atoms with E-state index in [2.05, 4.69) is 22.3 Å². The zero-order chi connectivity index (χ0) is 32.3. The first-order chi connectivity index (χ1) is 21.5.